The maximum absolute atomic E-state index is 13.7. The summed E-state index contributed by atoms with van der Waals surface area (Å²) < 4.78 is 13.7. The molecule has 0 saturated carbocycles. The van der Waals surface area contributed by atoms with Gasteiger partial charge in [0.1, 0.15) is 0 Å². The third-order valence-electron chi connectivity index (χ3n) is 3.94. The molecule has 5 nitrogen and oxygen atoms in total. The van der Waals surface area contributed by atoms with E-state index in [1.807, 2.05) is 12.1 Å². The molecule has 1 saturated heterocycles. The quantitative estimate of drug-likeness (QED) is 0.928. The lowest BCUT2D eigenvalue weighted by atomic mass is 9.97. The van der Waals surface area contributed by atoms with Crippen LogP contribution in [0.2, 0.25) is 0 Å². The molecule has 1 aliphatic rings. The predicted octanol–water partition coefficient (Wildman–Crippen LogP) is 1.29. The zero-order valence-electron chi connectivity index (χ0n) is 11.9. The van der Waals surface area contributed by atoms with Crippen molar-refractivity contribution in [3.63, 3.8) is 0 Å². The number of amides is 1. The van der Waals surface area contributed by atoms with Crippen molar-refractivity contribution in [1.29, 1.82) is 0 Å². The Morgan fingerprint density at radius 2 is 1.95 bits per heavy atom. The molecule has 1 N–H and O–H groups in total. The third-order valence-corrected chi connectivity index (χ3v) is 3.94. The largest absolute Gasteiger partial charge is 0.391 e. The lowest BCUT2D eigenvalue weighted by Gasteiger charge is -2.16. The fourth-order valence-electron chi connectivity index (χ4n) is 2.76. The molecule has 3 rings (SSSR count). The monoisotopic (exact) mass is 301 g/mol. The number of aliphatic hydroxyl groups is 1. The van der Waals surface area contributed by atoms with Crippen LogP contribution in [-0.4, -0.2) is 45.1 Å². The van der Waals surface area contributed by atoms with Crippen LogP contribution in [0.25, 0.3) is 0 Å². The number of carbonyl (C=O) groups is 1. The van der Waals surface area contributed by atoms with Gasteiger partial charge in [-0.2, -0.15) is 0 Å². The highest BCUT2D eigenvalue weighted by Gasteiger charge is 2.35. The number of hydrogen-bond acceptors (Lipinski definition) is 4. The molecule has 0 aromatic carbocycles. The van der Waals surface area contributed by atoms with Crippen LogP contribution in [0.5, 0.6) is 0 Å². The van der Waals surface area contributed by atoms with Crippen LogP contribution in [-0.2, 0) is 6.42 Å². The fraction of sp³-hybridized carbons (Fsp3) is 0.312. The molecule has 1 aliphatic heterocycles. The second-order valence-electron chi connectivity index (χ2n) is 5.45. The summed E-state index contributed by atoms with van der Waals surface area (Å²) in [6.07, 6.45) is 5.86. The minimum atomic E-state index is -0.639. The summed E-state index contributed by atoms with van der Waals surface area (Å²) in [4.78, 5) is 21.4. The third kappa shape index (κ3) is 2.96. The number of aliphatic hydroxyl groups excluding tert-OH is 1. The summed E-state index contributed by atoms with van der Waals surface area (Å²) in [5, 5.41) is 10.2. The minimum absolute atomic E-state index is 0.00763. The second kappa shape index (κ2) is 6.19. The highest BCUT2D eigenvalue weighted by Crippen LogP contribution is 2.23. The Hall–Kier alpha value is -2.34. The lowest BCUT2D eigenvalue weighted by molar-refractivity contribution is 0.0760. The molecule has 1 fully saturated rings. The average Bonchev–Trinajstić information content (AvgIpc) is 2.89. The molecular weight excluding hydrogens is 285 g/mol. The molecule has 6 heteroatoms. The normalized spacial score (nSPS) is 21.1. The van der Waals surface area contributed by atoms with Gasteiger partial charge >= 0.3 is 0 Å². The fourth-order valence-corrected chi connectivity index (χ4v) is 2.76. The van der Waals surface area contributed by atoms with E-state index in [0.717, 1.165) is 11.8 Å². The average molecular weight is 301 g/mol. The van der Waals surface area contributed by atoms with E-state index in [9.17, 15) is 14.3 Å². The van der Waals surface area contributed by atoms with Gasteiger partial charge < -0.3 is 10.0 Å². The van der Waals surface area contributed by atoms with E-state index in [4.69, 9.17) is 0 Å². The van der Waals surface area contributed by atoms with Crippen molar-refractivity contribution in [3.05, 3.63) is 59.9 Å². The van der Waals surface area contributed by atoms with Crippen LogP contribution in [0.3, 0.4) is 0 Å². The highest BCUT2D eigenvalue weighted by molar-refractivity contribution is 5.94. The first kappa shape index (κ1) is 14.6. The Balaban J connectivity index is 1.70. The first-order valence-electron chi connectivity index (χ1n) is 7.11. The summed E-state index contributed by atoms with van der Waals surface area (Å²) in [5.41, 5.74) is 1.05. The molecule has 2 atom stereocenters. The van der Waals surface area contributed by atoms with E-state index >= 15 is 0 Å². The van der Waals surface area contributed by atoms with Gasteiger partial charge in [-0.3, -0.25) is 14.8 Å². The van der Waals surface area contributed by atoms with Crippen molar-refractivity contribution in [1.82, 2.24) is 14.9 Å². The van der Waals surface area contributed by atoms with Crippen molar-refractivity contribution < 1.29 is 14.3 Å². The van der Waals surface area contributed by atoms with Gasteiger partial charge in [0.05, 0.1) is 17.9 Å². The second-order valence-corrected chi connectivity index (χ2v) is 5.45. The number of carbonyl (C=O) groups excluding carboxylic acids is 1. The molecule has 114 valence electrons. The van der Waals surface area contributed by atoms with Crippen molar-refractivity contribution in [3.8, 4) is 0 Å². The van der Waals surface area contributed by atoms with E-state index in [0.29, 0.717) is 13.0 Å². The Labute approximate surface area is 127 Å². The Morgan fingerprint density at radius 3 is 2.68 bits per heavy atom. The topological polar surface area (TPSA) is 66.3 Å². The summed E-state index contributed by atoms with van der Waals surface area (Å²) >= 11 is 0. The standard InChI is InChI=1S/C16H16FN3O2/c17-14-8-19-6-3-13(14)16(22)20-9-12(15(21)10-20)7-11-1-4-18-5-2-11/h1-6,8,12,15,21H,7,9-10H2/t12-,15-/m1/s1. The summed E-state index contributed by atoms with van der Waals surface area (Å²) in [6.45, 7) is 0.625. The molecule has 0 aliphatic carbocycles. The van der Waals surface area contributed by atoms with E-state index in [1.165, 1.54) is 17.2 Å². The maximum atomic E-state index is 13.7. The zero-order chi connectivity index (χ0) is 15.5. The zero-order valence-corrected chi connectivity index (χ0v) is 11.9. The van der Waals surface area contributed by atoms with Crippen molar-refractivity contribution in [2.75, 3.05) is 13.1 Å². The highest BCUT2D eigenvalue weighted by atomic mass is 19.1. The molecule has 1 amide bonds. The van der Waals surface area contributed by atoms with E-state index < -0.39 is 17.8 Å². The number of aromatic nitrogens is 2. The molecule has 0 bridgehead atoms. The first-order valence-corrected chi connectivity index (χ1v) is 7.11. The Kier molecular flexibility index (Phi) is 4.11. The van der Waals surface area contributed by atoms with Gasteiger partial charge in [-0.1, -0.05) is 0 Å². The van der Waals surface area contributed by atoms with Gasteiger partial charge in [0.2, 0.25) is 0 Å². The van der Waals surface area contributed by atoms with Crippen LogP contribution in [0.4, 0.5) is 4.39 Å². The van der Waals surface area contributed by atoms with Gasteiger partial charge in [0.15, 0.2) is 5.82 Å². The molecule has 0 radical (unpaired) electrons. The van der Waals surface area contributed by atoms with Crippen molar-refractivity contribution in [2.45, 2.75) is 12.5 Å². The number of pyridine rings is 2. The Bertz CT molecular complexity index is 665. The van der Waals surface area contributed by atoms with Gasteiger partial charge in [-0.05, 0) is 30.2 Å². The molecule has 2 aromatic rings. The lowest BCUT2D eigenvalue weighted by Crippen LogP contribution is -2.30. The molecule has 0 unspecified atom stereocenters. The van der Waals surface area contributed by atoms with Gasteiger partial charge in [-0.15, -0.1) is 0 Å². The number of hydrogen-bond donors (Lipinski definition) is 1. The summed E-state index contributed by atoms with van der Waals surface area (Å²) in [6, 6.07) is 5.14. The van der Waals surface area contributed by atoms with E-state index in [2.05, 4.69) is 9.97 Å². The smallest absolute Gasteiger partial charge is 0.257 e. The van der Waals surface area contributed by atoms with Crippen LogP contribution >= 0.6 is 0 Å². The molecular formula is C16H16FN3O2. The molecule has 22 heavy (non-hydrogen) atoms. The van der Waals surface area contributed by atoms with Gasteiger partial charge in [-0.25, -0.2) is 4.39 Å². The number of rotatable bonds is 3. The maximum Gasteiger partial charge on any atom is 0.257 e. The first-order chi connectivity index (χ1) is 10.6. The molecule has 2 aromatic heterocycles. The van der Waals surface area contributed by atoms with Crippen LogP contribution < -0.4 is 0 Å². The summed E-state index contributed by atoms with van der Waals surface area (Å²) in [7, 11) is 0. The minimum Gasteiger partial charge on any atom is -0.391 e. The number of nitrogens with zero attached hydrogens (tertiary/aromatic N) is 3. The molecule has 3 heterocycles. The van der Waals surface area contributed by atoms with Gasteiger partial charge in [0.25, 0.3) is 5.91 Å². The number of halogens is 1. The van der Waals surface area contributed by atoms with Crippen molar-refractivity contribution >= 4 is 5.91 Å². The van der Waals surface area contributed by atoms with Crippen molar-refractivity contribution in [2.24, 2.45) is 5.92 Å². The van der Waals surface area contributed by atoms with Gasteiger partial charge in [0, 0.05) is 37.6 Å². The molecule has 0 spiro atoms. The van der Waals surface area contributed by atoms with Crippen LogP contribution in [0, 0.1) is 11.7 Å². The van der Waals surface area contributed by atoms with Crippen LogP contribution in [0.15, 0.2) is 43.0 Å². The Morgan fingerprint density at radius 1 is 1.23 bits per heavy atom. The summed E-state index contributed by atoms with van der Waals surface area (Å²) in [5.74, 6) is -1.10. The van der Waals surface area contributed by atoms with Crippen LogP contribution in [0.1, 0.15) is 15.9 Å². The van der Waals surface area contributed by atoms with E-state index in [-0.39, 0.29) is 18.0 Å². The SMILES string of the molecule is O=C(c1ccncc1F)N1C[C@@H](Cc2ccncc2)[C@H](O)C1. The van der Waals surface area contributed by atoms with E-state index in [1.54, 1.807) is 12.4 Å². The number of β-amino-alcohol motifs (C(OH)–C–C–N with tert-alkyl or cyclic N) is 1. The predicted molar refractivity (Wildman–Crippen MR) is 77.5 cm³/mol. The number of likely N-dealkylation sites (tertiary alicyclic amines) is 1.